The van der Waals surface area contributed by atoms with Crippen LogP contribution in [0.25, 0.3) is 0 Å². The summed E-state index contributed by atoms with van der Waals surface area (Å²) >= 11 is 0. The minimum Gasteiger partial charge on any atom is -0.481 e. The molecule has 0 bridgehead atoms. The predicted molar refractivity (Wildman–Crippen MR) is 70.0 cm³/mol. The van der Waals surface area contributed by atoms with E-state index in [1.807, 2.05) is 0 Å². The summed E-state index contributed by atoms with van der Waals surface area (Å²) in [7, 11) is 1.53. The van der Waals surface area contributed by atoms with E-state index in [1.54, 1.807) is 25.1 Å². The normalized spacial score (nSPS) is 10.0. The number of carboxylic acids is 1. The smallest absolute Gasteiger partial charge is 0.335 e. The van der Waals surface area contributed by atoms with Crippen LogP contribution in [0.2, 0.25) is 0 Å². The summed E-state index contributed by atoms with van der Waals surface area (Å²) < 4.78 is 5.06. The van der Waals surface area contributed by atoms with Crippen molar-refractivity contribution < 1.29 is 14.6 Å². The maximum absolute atomic E-state index is 10.7. The number of aryl methyl sites for hydroxylation is 1. The van der Waals surface area contributed by atoms with Crippen LogP contribution in [0.4, 0.5) is 11.5 Å². The number of carboxylic acid groups (broad SMARTS) is 1. The largest absolute Gasteiger partial charge is 0.481 e. The first-order valence-corrected chi connectivity index (χ1v) is 5.58. The van der Waals surface area contributed by atoms with Gasteiger partial charge in [0, 0.05) is 11.8 Å². The van der Waals surface area contributed by atoms with Gasteiger partial charge in [0.2, 0.25) is 5.88 Å². The Hall–Kier alpha value is -2.63. The van der Waals surface area contributed by atoms with Gasteiger partial charge in [0.15, 0.2) is 0 Å². The van der Waals surface area contributed by atoms with Crippen LogP contribution < -0.4 is 10.1 Å². The number of rotatable bonds is 4. The van der Waals surface area contributed by atoms with Crippen molar-refractivity contribution in [2.75, 3.05) is 12.4 Å². The van der Waals surface area contributed by atoms with E-state index in [-0.39, 0.29) is 5.56 Å². The van der Waals surface area contributed by atoms with E-state index in [2.05, 4.69) is 15.3 Å². The molecule has 0 saturated heterocycles. The molecule has 1 aromatic heterocycles. The molecule has 98 valence electrons. The third kappa shape index (κ3) is 3.19. The van der Waals surface area contributed by atoms with E-state index in [1.165, 1.54) is 19.2 Å². The lowest BCUT2D eigenvalue weighted by atomic mass is 10.2. The minimum atomic E-state index is -0.953. The zero-order valence-corrected chi connectivity index (χ0v) is 10.5. The number of aromatic nitrogens is 2. The molecule has 0 saturated carbocycles. The number of anilines is 2. The van der Waals surface area contributed by atoms with Crippen LogP contribution in [0.3, 0.4) is 0 Å². The maximum Gasteiger partial charge on any atom is 0.335 e. The molecule has 2 rings (SSSR count). The van der Waals surface area contributed by atoms with Crippen molar-refractivity contribution in [3.63, 3.8) is 0 Å². The fourth-order valence-corrected chi connectivity index (χ4v) is 1.55. The molecule has 1 aromatic carbocycles. The van der Waals surface area contributed by atoms with Crippen LogP contribution >= 0.6 is 0 Å². The van der Waals surface area contributed by atoms with Crippen LogP contribution in [0.5, 0.6) is 5.88 Å². The van der Waals surface area contributed by atoms with Crippen molar-refractivity contribution >= 4 is 17.5 Å². The molecule has 2 aromatic rings. The van der Waals surface area contributed by atoms with Crippen LogP contribution in [0, 0.1) is 6.92 Å². The zero-order chi connectivity index (χ0) is 13.8. The highest BCUT2D eigenvalue weighted by atomic mass is 16.5. The van der Waals surface area contributed by atoms with Crippen molar-refractivity contribution in [1.29, 1.82) is 0 Å². The van der Waals surface area contributed by atoms with Gasteiger partial charge in [0.05, 0.1) is 12.7 Å². The molecular weight excluding hydrogens is 246 g/mol. The molecule has 0 aliphatic heterocycles. The van der Waals surface area contributed by atoms with Gasteiger partial charge in [-0.1, -0.05) is 0 Å². The topological polar surface area (TPSA) is 84.3 Å². The Morgan fingerprint density at radius 3 is 2.53 bits per heavy atom. The number of benzene rings is 1. The van der Waals surface area contributed by atoms with Gasteiger partial charge < -0.3 is 15.2 Å². The number of nitrogens with zero attached hydrogens (tertiary/aromatic N) is 2. The number of aromatic carboxylic acids is 1. The molecule has 0 unspecified atom stereocenters. The number of carbonyl (C=O) groups is 1. The Bertz CT molecular complexity index is 597. The second kappa shape index (κ2) is 5.34. The van der Waals surface area contributed by atoms with Gasteiger partial charge in [-0.05, 0) is 31.2 Å². The van der Waals surface area contributed by atoms with Crippen LogP contribution in [-0.2, 0) is 0 Å². The number of nitrogens with one attached hydrogen (secondary N) is 1. The molecule has 0 spiro atoms. The molecule has 0 aliphatic carbocycles. The standard InChI is InChI=1S/C13H13N3O3/c1-8-14-11(7-12(15-8)19-2)16-10-5-3-9(4-6-10)13(17)18/h3-7H,1-2H3,(H,17,18)(H,14,15,16). The average molecular weight is 259 g/mol. The van der Waals surface area contributed by atoms with Crippen molar-refractivity contribution in [3.05, 3.63) is 41.7 Å². The summed E-state index contributed by atoms with van der Waals surface area (Å²) in [4.78, 5) is 19.0. The van der Waals surface area contributed by atoms with E-state index in [0.29, 0.717) is 17.5 Å². The number of hydrogen-bond donors (Lipinski definition) is 2. The maximum atomic E-state index is 10.7. The van der Waals surface area contributed by atoms with Crippen LogP contribution in [0.1, 0.15) is 16.2 Å². The first-order chi connectivity index (χ1) is 9.08. The lowest BCUT2D eigenvalue weighted by molar-refractivity contribution is 0.0697. The van der Waals surface area contributed by atoms with Crippen LogP contribution in [0.15, 0.2) is 30.3 Å². The highest BCUT2D eigenvalue weighted by Gasteiger charge is 2.04. The Morgan fingerprint density at radius 2 is 1.95 bits per heavy atom. The Balaban J connectivity index is 2.21. The second-order valence-corrected chi connectivity index (χ2v) is 3.85. The summed E-state index contributed by atoms with van der Waals surface area (Å²) in [5.74, 6) is 0.694. The summed E-state index contributed by atoms with van der Waals surface area (Å²) in [6, 6.07) is 8.06. The highest BCUT2D eigenvalue weighted by Crippen LogP contribution is 2.18. The van der Waals surface area contributed by atoms with E-state index in [9.17, 15) is 4.79 Å². The molecule has 2 N–H and O–H groups in total. The fourth-order valence-electron chi connectivity index (χ4n) is 1.55. The predicted octanol–water partition coefficient (Wildman–Crippen LogP) is 2.24. The van der Waals surface area contributed by atoms with Gasteiger partial charge in [0.25, 0.3) is 0 Å². The van der Waals surface area contributed by atoms with Crippen molar-refractivity contribution in [2.24, 2.45) is 0 Å². The van der Waals surface area contributed by atoms with E-state index in [0.717, 1.165) is 5.69 Å². The van der Waals surface area contributed by atoms with Gasteiger partial charge in [-0.3, -0.25) is 0 Å². The molecule has 0 aliphatic rings. The van der Waals surface area contributed by atoms with Gasteiger partial charge in [-0.2, -0.15) is 4.98 Å². The zero-order valence-electron chi connectivity index (χ0n) is 10.5. The van der Waals surface area contributed by atoms with Crippen molar-refractivity contribution in [2.45, 2.75) is 6.92 Å². The van der Waals surface area contributed by atoms with Gasteiger partial charge in [-0.15, -0.1) is 0 Å². The Kier molecular flexibility index (Phi) is 3.61. The molecular formula is C13H13N3O3. The molecule has 19 heavy (non-hydrogen) atoms. The molecule has 6 heteroatoms. The van der Waals surface area contributed by atoms with Crippen molar-refractivity contribution in [3.8, 4) is 5.88 Å². The Morgan fingerprint density at radius 1 is 1.26 bits per heavy atom. The molecule has 0 amide bonds. The average Bonchev–Trinajstić information content (AvgIpc) is 2.38. The molecule has 0 radical (unpaired) electrons. The van der Waals surface area contributed by atoms with E-state index in [4.69, 9.17) is 9.84 Å². The minimum absolute atomic E-state index is 0.238. The quantitative estimate of drug-likeness (QED) is 0.875. The lowest BCUT2D eigenvalue weighted by Crippen LogP contribution is -2.00. The second-order valence-electron chi connectivity index (χ2n) is 3.85. The SMILES string of the molecule is COc1cc(Nc2ccc(C(=O)O)cc2)nc(C)n1. The van der Waals surface area contributed by atoms with Gasteiger partial charge in [-0.25, -0.2) is 9.78 Å². The van der Waals surface area contributed by atoms with Gasteiger partial charge >= 0.3 is 5.97 Å². The number of ether oxygens (including phenoxy) is 1. The molecule has 0 atom stereocenters. The summed E-state index contributed by atoms with van der Waals surface area (Å²) in [5, 5.41) is 11.9. The third-order valence-electron chi connectivity index (χ3n) is 2.43. The lowest BCUT2D eigenvalue weighted by Gasteiger charge is -2.08. The van der Waals surface area contributed by atoms with E-state index < -0.39 is 5.97 Å². The number of hydrogen-bond acceptors (Lipinski definition) is 5. The summed E-state index contributed by atoms with van der Waals surface area (Å²) in [5.41, 5.74) is 0.979. The molecule has 1 heterocycles. The monoisotopic (exact) mass is 259 g/mol. The first-order valence-electron chi connectivity index (χ1n) is 5.58. The van der Waals surface area contributed by atoms with Crippen molar-refractivity contribution in [1.82, 2.24) is 9.97 Å². The third-order valence-corrected chi connectivity index (χ3v) is 2.43. The van der Waals surface area contributed by atoms with E-state index >= 15 is 0 Å². The molecule has 0 fully saturated rings. The Labute approximate surface area is 110 Å². The summed E-state index contributed by atoms with van der Waals surface area (Å²) in [6.07, 6.45) is 0. The van der Waals surface area contributed by atoms with Crippen LogP contribution in [-0.4, -0.2) is 28.2 Å². The first kappa shape index (κ1) is 12.8. The highest BCUT2D eigenvalue weighted by molar-refractivity contribution is 5.88. The molecule has 6 nitrogen and oxygen atoms in total. The number of methoxy groups -OCH3 is 1. The summed E-state index contributed by atoms with van der Waals surface area (Å²) in [6.45, 7) is 1.77. The fraction of sp³-hybridized carbons (Fsp3) is 0.154. The van der Waals surface area contributed by atoms with Gasteiger partial charge in [0.1, 0.15) is 11.6 Å².